The third kappa shape index (κ3) is 4.92. The Morgan fingerprint density at radius 3 is 2.54 bits per heavy atom. The maximum absolute atomic E-state index is 12.6. The summed E-state index contributed by atoms with van der Waals surface area (Å²) in [4.78, 5) is 31.4. The fraction of sp³-hybridized carbons (Fsp3) is 0.286. The number of amidine groups is 1. The molecule has 2 aromatic rings. The van der Waals surface area contributed by atoms with Gasteiger partial charge >= 0.3 is 0 Å². The third-order valence-electron chi connectivity index (χ3n) is 4.16. The van der Waals surface area contributed by atoms with Crippen LogP contribution in [0.4, 0.5) is 11.4 Å². The number of aliphatic imine (C=N–C) groups is 1. The molecule has 2 aromatic carbocycles. The molecule has 0 bridgehead atoms. The average molecular weight is 398 g/mol. The normalized spacial score (nSPS) is 18.2. The Bertz CT molecular complexity index is 853. The molecule has 0 radical (unpaired) electrons. The summed E-state index contributed by atoms with van der Waals surface area (Å²) in [5.41, 5.74) is 1.42. The van der Waals surface area contributed by atoms with Gasteiger partial charge in [-0.2, -0.15) is 0 Å². The highest BCUT2D eigenvalue weighted by atomic mass is 32.2. The quantitative estimate of drug-likeness (QED) is 0.798. The number of rotatable bonds is 6. The Hall–Kier alpha value is -2.80. The summed E-state index contributed by atoms with van der Waals surface area (Å²) >= 11 is 1.32. The van der Waals surface area contributed by atoms with Gasteiger partial charge in [0.25, 0.3) is 0 Å². The summed E-state index contributed by atoms with van der Waals surface area (Å²) in [6.07, 6.45) is 0.152. The van der Waals surface area contributed by atoms with E-state index in [0.29, 0.717) is 29.7 Å². The number of nitrogens with zero attached hydrogens (tertiary/aromatic N) is 2. The van der Waals surface area contributed by atoms with Crippen molar-refractivity contribution in [2.24, 2.45) is 4.99 Å². The number of thioether (sulfide) groups is 1. The molecule has 1 saturated heterocycles. The second kappa shape index (κ2) is 9.41. The molecule has 3 rings (SSSR count). The van der Waals surface area contributed by atoms with Gasteiger partial charge < -0.3 is 10.1 Å². The number of para-hydroxylation sites is 1. The number of benzene rings is 2. The monoisotopic (exact) mass is 397 g/mol. The highest BCUT2D eigenvalue weighted by Gasteiger charge is 2.35. The first kappa shape index (κ1) is 19.9. The Morgan fingerprint density at radius 2 is 1.89 bits per heavy atom. The molecule has 1 heterocycles. The van der Waals surface area contributed by atoms with Crippen molar-refractivity contribution >= 4 is 40.1 Å². The van der Waals surface area contributed by atoms with Crippen molar-refractivity contribution < 1.29 is 14.3 Å². The lowest BCUT2D eigenvalue weighted by molar-refractivity contribution is -0.129. The van der Waals surface area contributed by atoms with E-state index < -0.39 is 5.25 Å². The van der Waals surface area contributed by atoms with Gasteiger partial charge in [0, 0.05) is 18.7 Å². The van der Waals surface area contributed by atoms with Crippen molar-refractivity contribution in [1.29, 1.82) is 0 Å². The Morgan fingerprint density at radius 1 is 1.18 bits per heavy atom. The second-order valence-corrected chi connectivity index (χ2v) is 7.30. The molecule has 1 aliphatic heterocycles. The molecular weight excluding hydrogens is 374 g/mol. The summed E-state index contributed by atoms with van der Waals surface area (Å²) in [6.45, 7) is 4.93. The van der Waals surface area contributed by atoms with Crippen LogP contribution < -0.4 is 10.1 Å². The van der Waals surface area contributed by atoms with Crippen LogP contribution in [0.2, 0.25) is 0 Å². The fourth-order valence-corrected chi connectivity index (χ4v) is 3.95. The third-order valence-corrected chi connectivity index (χ3v) is 5.35. The number of hydrogen-bond acceptors (Lipinski definition) is 5. The van der Waals surface area contributed by atoms with Gasteiger partial charge in [-0.05, 0) is 50.2 Å². The van der Waals surface area contributed by atoms with Gasteiger partial charge in [0.1, 0.15) is 11.0 Å². The van der Waals surface area contributed by atoms with Crippen molar-refractivity contribution in [1.82, 2.24) is 4.90 Å². The molecule has 0 aliphatic carbocycles. The van der Waals surface area contributed by atoms with Crippen LogP contribution in [0.3, 0.4) is 0 Å². The van der Waals surface area contributed by atoms with Gasteiger partial charge in [-0.15, -0.1) is 0 Å². The standard InChI is InChI=1S/C21H23N3O3S/c1-3-24-19(25)14-18(20(26)22-15-8-6-5-7-9-15)28-21(24)23-16-10-12-17(13-11-16)27-4-2/h5-13,18H,3-4,14H2,1-2H3,(H,22,26)/t18-/m0/s1. The largest absolute Gasteiger partial charge is 0.494 e. The van der Waals surface area contributed by atoms with Crippen LogP contribution in [0, 0.1) is 0 Å². The van der Waals surface area contributed by atoms with Crippen LogP contribution in [0.1, 0.15) is 20.3 Å². The zero-order valence-electron chi connectivity index (χ0n) is 15.9. The Balaban J connectivity index is 1.78. The second-order valence-electron chi connectivity index (χ2n) is 6.13. The van der Waals surface area contributed by atoms with Gasteiger partial charge in [0.2, 0.25) is 11.8 Å². The summed E-state index contributed by atoms with van der Waals surface area (Å²) in [7, 11) is 0. The van der Waals surface area contributed by atoms with Crippen LogP contribution in [0.15, 0.2) is 59.6 Å². The van der Waals surface area contributed by atoms with Gasteiger partial charge in [-0.1, -0.05) is 30.0 Å². The average Bonchev–Trinajstić information content (AvgIpc) is 2.70. The van der Waals surface area contributed by atoms with Crippen molar-refractivity contribution in [3.63, 3.8) is 0 Å². The minimum Gasteiger partial charge on any atom is -0.494 e. The SMILES string of the molecule is CCOc1ccc(N=C2S[C@H](C(=O)Nc3ccccc3)CC(=O)N2CC)cc1. The van der Waals surface area contributed by atoms with Crippen LogP contribution in [-0.2, 0) is 9.59 Å². The highest BCUT2D eigenvalue weighted by Crippen LogP contribution is 2.30. The van der Waals surface area contributed by atoms with Crippen molar-refractivity contribution in [2.75, 3.05) is 18.5 Å². The number of anilines is 1. The number of nitrogens with one attached hydrogen (secondary N) is 1. The first-order chi connectivity index (χ1) is 13.6. The molecule has 1 aliphatic rings. The maximum Gasteiger partial charge on any atom is 0.238 e. The summed E-state index contributed by atoms with van der Waals surface area (Å²) in [5.74, 6) is 0.477. The Labute approximate surface area is 169 Å². The molecular formula is C21H23N3O3S. The summed E-state index contributed by atoms with van der Waals surface area (Å²) < 4.78 is 5.44. The van der Waals surface area contributed by atoms with Crippen LogP contribution in [0.25, 0.3) is 0 Å². The summed E-state index contributed by atoms with van der Waals surface area (Å²) in [5, 5.41) is 2.89. The maximum atomic E-state index is 12.6. The molecule has 6 nitrogen and oxygen atoms in total. The number of carbonyl (C=O) groups is 2. The van der Waals surface area contributed by atoms with E-state index in [1.807, 2.05) is 68.4 Å². The van der Waals surface area contributed by atoms with Crippen molar-refractivity contribution in [3.05, 3.63) is 54.6 Å². The molecule has 2 amide bonds. The molecule has 1 atom stereocenters. The van der Waals surface area contributed by atoms with Gasteiger partial charge in [-0.3, -0.25) is 14.5 Å². The minimum atomic E-state index is -0.517. The smallest absolute Gasteiger partial charge is 0.238 e. The predicted molar refractivity (Wildman–Crippen MR) is 113 cm³/mol. The number of hydrogen-bond donors (Lipinski definition) is 1. The molecule has 7 heteroatoms. The Kier molecular flexibility index (Phi) is 6.71. The fourth-order valence-electron chi connectivity index (χ4n) is 2.79. The van der Waals surface area contributed by atoms with E-state index in [-0.39, 0.29) is 18.2 Å². The summed E-state index contributed by atoms with van der Waals surface area (Å²) in [6, 6.07) is 16.6. The number of amides is 2. The number of carbonyl (C=O) groups excluding carboxylic acids is 2. The minimum absolute atomic E-state index is 0.0980. The van der Waals surface area contributed by atoms with E-state index in [0.717, 1.165) is 5.75 Å². The number of ether oxygens (including phenoxy) is 1. The zero-order chi connectivity index (χ0) is 19.9. The molecule has 0 saturated carbocycles. The molecule has 146 valence electrons. The molecule has 28 heavy (non-hydrogen) atoms. The van der Waals surface area contributed by atoms with E-state index >= 15 is 0 Å². The van der Waals surface area contributed by atoms with Crippen LogP contribution in [-0.4, -0.2) is 40.3 Å². The van der Waals surface area contributed by atoms with Gasteiger partial charge in [0.15, 0.2) is 5.17 Å². The lowest BCUT2D eigenvalue weighted by atomic mass is 10.2. The van der Waals surface area contributed by atoms with Crippen LogP contribution in [0.5, 0.6) is 5.75 Å². The van der Waals surface area contributed by atoms with E-state index in [1.54, 1.807) is 4.90 Å². The zero-order valence-corrected chi connectivity index (χ0v) is 16.7. The molecule has 1 fully saturated rings. The van der Waals surface area contributed by atoms with E-state index in [4.69, 9.17) is 4.74 Å². The van der Waals surface area contributed by atoms with Crippen molar-refractivity contribution in [3.8, 4) is 5.75 Å². The lowest BCUT2D eigenvalue weighted by Gasteiger charge is -2.30. The first-order valence-electron chi connectivity index (χ1n) is 9.25. The molecule has 0 spiro atoms. The van der Waals surface area contributed by atoms with Crippen molar-refractivity contribution in [2.45, 2.75) is 25.5 Å². The van der Waals surface area contributed by atoms with E-state index in [1.165, 1.54) is 11.8 Å². The topological polar surface area (TPSA) is 71.0 Å². The van der Waals surface area contributed by atoms with E-state index in [9.17, 15) is 9.59 Å². The van der Waals surface area contributed by atoms with Gasteiger partial charge in [0.05, 0.1) is 12.3 Å². The molecule has 0 aromatic heterocycles. The molecule has 1 N–H and O–H groups in total. The molecule has 0 unspecified atom stereocenters. The lowest BCUT2D eigenvalue weighted by Crippen LogP contribution is -2.45. The highest BCUT2D eigenvalue weighted by molar-refractivity contribution is 8.15. The van der Waals surface area contributed by atoms with E-state index in [2.05, 4.69) is 10.3 Å². The first-order valence-corrected chi connectivity index (χ1v) is 10.1. The van der Waals surface area contributed by atoms with Crippen LogP contribution >= 0.6 is 11.8 Å². The van der Waals surface area contributed by atoms with Gasteiger partial charge in [-0.25, -0.2) is 4.99 Å². The predicted octanol–water partition coefficient (Wildman–Crippen LogP) is 4.07.